The molecule has 1 heterocycles. The second-order valence-corrected chi connectivity index (χ2v) is 4.79. The van der Waals surface area contributed by atoms with Gasteiger partial charge in [0.25, 0.3) is 0 Å². The average molecular weight is 240 g/mol. The number of aliphatic carboxylic acids is 1. The Balaban J connectivity index is 2.45. The highest BCUT2D eigenvalue weighted by atomic mass is 16.4. The van der Waals surface area contributed by atoms with Gasteiger partial charge in [-0.25, -0.2) is 4.79 Å². The molecule has 5 heteroatoms. The molecule has 5 nitrogen and oxygen atoms in total. The number of urea groups is 1. The summed E-state index contributed by atoms with van der Waals surface area (Å²) >= 11 is 0. The fourth-order valence-corrected chi connectivity index (χ4v) is 1.91. The van der Waals surface area contributed by atoms with E-state index in [2.05, 4.69) is 5.32 Å². The lowest BCUT2D eigenvalue weighted by Gasteiger charge is -2.16. The summed E-state index contributed by atoms with van der Waals surface area (Å²) in [7, 11) is 0. The van der Waals surface area contributed by atoms with Crippen LogP contribution < -0.4 is 5.32 Å². The highest BCUT2D eigenvalue weighted by molar-refractivity contribution is 5.77. The van der Waals surface area contributed by atoms with Gasteiger partial charge in [0.1, 0.15) is 0 Å². The summed E-state index contributed by atoms with van der Waals surface area (Å²) in [5.41, 5.74) is 1.14. The molecule has 2 N–H and O–H groups in total. The van der Waals surface area contributed by atoms with Crippen molar-refractivity contribution in [1.29, 1.82) is 0 Å². The second kappa shape index (κ2) is 5.70. The minimum atomic E-state index is -0.822. The standard InChI is InChI=1S/C12H20N2O3/c1-8(2)4-5-13-12(17)14-6-9(3)10(7-14)11(15)16/h4,9-10H,5-7H2,1-3H3,(H,13,17)(H,15,16). The summed E-state index contributed by atoms with van der Waals surface area (Å²) in [6, 6.07) is -0.182. The number of likely N-dealkylation sites (tertiary alicyclic amines) is 1. The summed E-state index contributed by atoms with van der Waals surface area (Å²) in [4.78, 5) is 24.2. The molecular weight excluding hydrogens is 220 g/mol. The Labute approximate surface area is 101 Å². The largest absolute Gasteiger partial charge is 0.481 e. The van der Waals surface area contributed by atoms with E-state index in [-0.39, 0.29) is 11.9 Å². The molecule has 0 radical (unpaired) electrons. The van der Waals surface area contributed by atoms with Gasteiger partial charge < -0.3 is 15.3 Å². The van der Waals surface area contributed by atoms with E-state index in [0.29, 0.717) is 19.6 Å². The third kappa shape index (κ3) is 3.76. The SMILES string of the molecule is CC(C)=CCNC(=O)N1CC(C)C(C(=O)O)C1. The van der Waals surface area contributed by atoms with Crippen molar-refractivity contribution in [1.82, 2.24) is 10.2 Å². The predicted octanol–water partition coefficient (Wildman–Crippen LogP) is 1.31. The molecule has 0 bridgehead atoms. The maximum absolute atomic E-state index is 11.7. The Morgan fingerprint density at radius 3 is 2.53 bits per heavy atom. The number of allylic oxidation sites excluding steroid dienone is 1. The lowest BCUT2D eigenvalue weighted by atomic mass is 9.99. The maximum Gasteiger partial charge on any atom is 0.317 e. The van der Waals surface area contributed by atoms with Crippen LogP contribution in [0.25, 0.3) is 0 Å². The molecule has 96 valence electrons. The first-order valence-corrected chi connectivity index (χ1v) is 5.80. The van der Waals surface area contributed by atoms with Crippen LogP contribution in [0.2, 0.25) is 0 Å². The lowest BCUT2D eigenvalue weighted by molar-refractivity contribution is -0.142. The minimum absolute atomic E-state index is 0.0155. The highest BCUT2D eigenvalue weighted by Gasteiger charge is 2.36. The van der Waals surface area contributed by atoms with Crippen LogP contribution in [0.15, 0.2) is 11.6 Å². The normalized spacial score (nSPS) is 23.4. The Hall–Kier alpha value is -1.52. The van der Waals surface area contributed by atoms with Gasteiger partial charge >= 0.3 is 12.0 Å². The number of carboxylic acid groups (broad SMARTS) is 1. The topological polar surface area (TPSA) is 69.6 Å². The number of carboxylic acids is 1. The van der Waals surface area contributed by atoms with Crippen molar-refractivity contribution in [3.63, 3.8) is 0 Å². The van der Waals surface area contributed by atoms with Crippen molar-refractivity contribution in [3.8, 4) is 0 Å². The van der Waals surface area contributed by atoms with E-state index in [1.165, 1.54) is 0 Å². The first kappa shape index (κ1) is 13.5. The molecule has 17 heavy (non-hydrogen) atoms. The predicted molar refractivity (Wildman–Crippen MR) is 64.7 cm³/mol. The zero-order valence-corrected chi connectivity index (χ0v) is 10.6. The number of carbonyl (C=O) groups is 2. The summed E-state index contributed by atoms with van der Waals surface area (Å²) in [5.74, 6) is -1.25. The Morgan fingerprint density at radius 1 is 1.41 bits per heavy atom. The van der Waals surface area contributed by atoms with Gasteiger partial charge in [-0.05, 0) is 19.8 Å². The lowest BCUT2D eigenvalue weighted by Crippen LogP contribution is -2.39. The second-order valence-electron chi connectivity index (χ2n) is 4.79. The number of hydrogen-bond acceptors (Lipinski definition) is 2. The van der Waals surface area contributed by atoms with Crippen LogP contribution in [0.4, 0.5) is 4.79 Å². The Morgan fingerprint density at radius 2 is 2.06 bits per heavy atom. The van der Waals surface area contributed by atoms with Crippen LogP contribution in [0.1, 0.15) is 20.8 Å². The molecule has 2 amide bonds. The van der Waals surface area contributed by atoms with Crippen LogP contribution >= 0.6 is 0 Å². The van der Waals surface area contributed by atoms with Crippen LogP contribution in [0, 0.1) is 11.8 Å². The molecule has 0 spiro atoms. The maximum atomic E-state index is 11.7. The highest BCUT2D eigenvalue weighted by Crippen LogP contribution is 2.22. The molecule has 1 aliphatic rings. The van der Waals surface area contributed by atoms with Crippen LogP contribution in [0.5, 0.6) is 0 Å². The van der Waals surface area contributed by atoms with E-state index in [0.717, 1.165) is 5.57 Å². The number of hydrogen-bond donors (Lipinski definition) is 2. The quantitative estimate of drug-likeness (QED) is 0.731. The zero-order chi connectivity index (χ0) is 13.0. The summed E-state index contributed by atoms with van der Waals surface area (Å²) in [6.45, 7) is 7.09. The summed E-state index contributed by atoms with van der Waals surface area (Å²) < 4.78 is 0. The molecule has 0 aromatic heterocycles. The van der Waals surface area contributed by atoms with E-state index in [4.69, 9.17) is 5.11 Å². The first-order valence-electron chi connectivity index (χ1n) is 5.80. The van der Waals surface area contributed by atoms with E-state index < -0.39 is 11.9 Å². The van der Waals surface area contributed by atoms with Crippen molar-refractivity contribution >= 4 is 12.0 Å². The van der Waals surface area contributed by atoms with Crippen molar-refractivity contribution in [2.45, 2.75) is 20.8 Å². The third-order valence-corrected chi connectivity index (χ3v) is 2.98. The van der Waals surface area contributed by atoms with Gasteiger partial charge in [-0.3, -0.25) is 4.79 Å². The van der Waals surface area contributed by atoms with E-state index >= 15 is 0 Å². The number of rotatable bonds is 3. The number of carbonyl (C=O) groups excluding carboxylic acids is 1. The fraction of sp³-hybridized carbons (Fsp3) is 0.667. The third-order valence-electron chi connectivity index (χ3n) is 2.98. The number of nitrogens with zero attached hydrogens (tertiary/aromatic N) is 1. The zero-order valence-electron chi connectivity index (χ0n) is 10.6. The van der Waals surface area contributed by atoms with E-state index in [1.54, 1.807) is 4.90 Å². The summed E-state index contributed by atoms with van der Waals surface area (Å²) in [5, 5.41) is 11.7. The van der Waals surface area contributed by atoms with Crippen LogP contribution in [0.3, 0.4) is 0 Å². The molecule has 2 unspecified atom stereocenters. The van der Waals surface area contributed by atoms with Crippen LogP contribution in [-0.2, 0) is 4.79 Å². The molecule has 1 rings (SSSR count). The van der Waals surface area contributed by atoms with Gasteiger partial charge in [-0.1, -0.05) is 18.6 Å². The first-order chi connectivity index (χ1) is 7.91. The van der Waals surface area contributed by atoms with Gasteiger partial charge in [-0.15, -0.1) is 0 Å². The van der Waals surface area contributed by atoms with Gasteiger partial charge in [0, 0.05) is 19.6 Å². The Kier molecular flexibility index (Phi) is 4.54. The van der Waals surface area contributed by atoms with Crippen molar-refractivity contribution in [2.75, 3.05) is 19.6 Å². The molecule has 1 fully saturated rings. The van der Waals surface area contributed by atoms with Gasteiger partial charge in [0.2, 0.25) is 0 Å². The molecule has 0 saturated carbocycles. The Bertz CT molecular complexity index is 335. The number of amides is 2. The van der Waals surface area contributed by atoms with Gasteiger partial charge in [0.05, 0.1) is 5.92 Å². The smallest absolute Gasteiger partial charge is 0.317 e. The monoisotopic (exact) mass is 240 g/mol. The van der Waals surface area contributed by atoms with Crippen LogP contribution in [-0.4, -0.2) is 41.6 Å². The van der Waals surface area contributed by atoms with Gasteiger partial charge in [0.15, 0.2) is 0 Å². The number of nitrogens with one attached hydrogen (secondary N) is 1. The molecule has 1 aliphatic heterocycles. The summed E-state index contributed by atoms with van der Waals surface area (Å²) in [6.07, 6.45) is 1.92. The van der Waals surface area contributed by atoms with Crippen molar-refractivity contribution in [3.05, 3.63) is 11.6 Å². The van der Waals surface area contributed by atoms with Gasteiger partial charge in [-0.2, -0.15) is 0 Å². The average Bonchev–Trinajstić information content (AvgIpc) is 2.59. The van der Waals surface area contributed by atoms with E-state index in [9.17, 15) is 9.59 Å². The molecular formula is C12H20N2O3. The fourth-order valence-electron chi connectivity index (χ4n) is 1.91. The molecule has 0 aromatic rings. The van der Waals surface area contributed by atoms with Crippen molar-refractivity contribution in [2.24, 2.45) is 11.8 Å². The molecule has 0 aromatic carbocycles. The van der Waals surface area contributed by atoms with E-state index in [1.807, 2.05) is 26.8 Å². The molecule has 1 saturated heterocycles. The minimum Gasteiger partial charge on any atom is -0.481 e. The van der Waals surface area contributed by atoms with Crippen molar-refractivity contribution < 1.29 is 14.7 Å². The molecule has 2 atom stereocenters. The molecule has 0 aliphatic carbocycles.